The quantitative estimate of drug-likeness (QED) is 0.868. The fourth-order valence-corrected chi connectivity index (χ4v) is 1.59. The van der Waals surface area contributed by atoms with Crippen LogP contribution in [-0.2, 0) is 0 Å². The lowest BCUT2D eigenvalue weighted by Gasteiger charge is -1.98. The third kappa shape index (κ3) is 1.73. The number of hydrogen-bond donors (Lipinski definition) is 1. The van der Waals surface area contributed by atoms with E-state index in [1.165, 1.54) is 0 Å². The predicted molar refractivity (Wildman–Crippen MR) is 56.9 cm³/mol. The molecule has 1 heterocycles. The van der Waals surface area contributed by atoms with Gasteiger partial charge in [0.1, 0.15) is 0 Å². The van der Waals surface area contributed by atoms with Gasteiger partial charge in [-0.2, -0.15) is 4.98 Å². The van der Waals surface area contributed by atoms with Crippen LogP contribution in [0.25, 0.3) is 11.5 Å². The van der Waals surface area contributed by atoms with Crippen molar-refractivity contribution in [2.75, 3.05) is 5.73 Å². The fourth-order valence-electron chi connectivity index (χ4n) is 1.01. The summed E-state index contributed by atoms with van der Waals surface area (Å²) < 4.78 is 5.74. The van der Waals surface area contributed by atoms with Crippen LogP contribution in [0.3, 0.4) is 0 Å². The maximum Gasteiger partial charge on any atom is 0.261 e. The van der Waals surface area contributed by atoms with E-state index in [9.17, 15) is 0 Å². The zero-order chi connectivity index (χ0) is 10.1. The Kier molecular flexibility index (Phi) is 2.43. The Labute approximate surface area is 93.2 Å². The summed E-state index contributed by atoms with van der Waals surface area (Å²) in [6.07, 6.45) is 0. The summed E-state index contributed by atoms with van der Waals surface area (Å²) in [5.74, 6) is 0.448. The molecule has 0 fully saturated rings. The molecule has 0 amide bonds. The van der Waals surface area contributed by atoms with Crippen LogP contribution in [0.5, 0.6) is 0 Å². The average Bonchev–Trinajstić information content (AvgIpc) is 2.56. The summed E-state index contributed by atoms with van der Waals surface area (Å²) in [7, 11) is 0. The Bertz CT molecular complexity index is 471. The van der Waals surface area contributed by atoms with Gasteiger partial charge < -0.3 is 10.3 Å². The molecule has 2 N–H and O–H groups in total. The molecule has 0 aliphatic carbocycles. The van der Waals surface area contributed by atoms with Gasteiger partial charge in [-0.1, -0.05) is 11.6 Å². The van der Waals surface area contributed by atoms with E-state index in [2.05, 4.69) is 26.1 Å². The third-order valence-electron chi connectivity index (χ3n) is 1.60. The van der Waals surface area contributed by atoms with Gasteiger partial charge in [0.2, 0.25) is 0 Å². The van der Waals surface area contributed by atoms with Gasteiger partial charge in [-0.3, -0.25) is 0 Å². The number of nitrogens with two attached hydrogens (primary N) is 1. The smallest absolute Gasteiger partial charge is 0.261 e. The number of nitrogens with zero attached hydrogens (tertiary/aromatic N) is 2. The van der Waals surface area contributed by atoms with E-state index in [1.54, 1.807) is 18.2 Å². The second-order valence-corrected chi connectivity index (χ2v) is 3.87. The SMILES string of the molecule is Nc1noc(-c2cc(Cl)ccc2Br)n1. The van der Waals surface area contributed by atoms with Gasteiger partial charge in [0.05, 0.1) is 5.56 Å². The molecule has 1 aromatic heterocycles. The molecule has 0 aliphatic rings. The van der Waals surface area contributed by atoms with Crippen molar-refractivity contribution in [1.29, 1.82) is 0 Å². The van der Waals surface area contributed by atoms with Crippen molar-refractivity contribution >= 4 is 33.5 Å². The Morgan fingerprint density at radius 2 is 2.21 bits per heavy atom. The fraction of sp³-hybridized carbons (Fsp3) is 0. The number of nitrogen functional groups attached to an aromatic ring is 1. The van der Waals surface area contributed by atoms with Crippen LogP contribution in [0.1, 0.15) is 0 Å². The summed E-state index contributed by atoms with van der Waals surface area (Å²) in [5, 5.41) is 4.09. The van der Waals surface area contributed by atoms with Crippen LogP contribution in [0.15, 0.2) is 27.2 Å². The van der Waals surface area contributed by atoms with Crippen molar-refractivity contribution in [2.24, 2.45) is 0 Å². The summed E-state index contributed by atoms with van der Waals surface area (Å²) in [5.41, 5.74) is 6.06. The van der Waals surface area contributed by atoms with Crippen LogP contribution in [0.2, 0.25) is 5.02 Å². The molecule has 0 spiro atoms. The number of anilines is 1. The molecular formula is C8H5BrClN3O. The van der Waals surface area contributed by atoms with Crippen molar-refractivity contribution < 1.29 is 4.52 Å². The van der Waals surface area contributed by atoms with E-state index < -0.39 is 0 Å². The van der Waals surface area contributed by atoms with Gasteiger partial charge in [-0.05, 0) is 39.3 Å². The molecule has 0 saturated heterocycles. The lowest BCUT2D eigenvalue weighted by molar-refractivity contribution is 0.433. The third-order valence-corrected chi connectivity index (χ3v) is 2.53. The molecule has 0 radical (unpaired) electrons. The summed E-state index contributed by atoms with van der Waals surface area (Å²) >= 11 is 9.18. The normalized spacial score (nSPS) is 10.4. The summed E-state index contributed by atoms with van der Waals surface area (Å²) in [6.45, 7) is 0. The van der Waals surface area contributed by atoms with E-state index in [0.29, 0.717) is 10.9 Å². The lowest BCUT2D eigenvalue weighted by Crippen LogP contribution is -1.86. The highest BCUT2D eigenvalue weighted by Crippen LogP contribution is 2.29. The molecule has 1 aromatic carbocycles. The monoisotopic (exact) mass is 273 g/mol. The molecular weight excluding hydrogens is 269 g/mol. The highest BCUT2D eigenvalue weighted by molar-refractivity contribution is 9.10. The predicted octanol–water partition coefficient (Wildman–Crippen LogP) is 2.73. The topological polar surface area (TPSA) is 64.9 Å². The Hall–Kier alpha value is -1.07. The van der Waals surface area contributed by atoms with E-state index in [1.807, 2.05) is 0 Å². The number of aromatic nitrogens is 2. The molecule has 0 bridgehead atoms. The number of hydrogen-bond acceptors (Lipinski definition) is 4. The molecule has 0 atom stereocenters. The van der Waals surface area contributed by atoms with Gasteiger partial charge in [0, 0.05) is 9.50 Å². The number of benzene rings is 1. The Balaban J connectivity index is 2.55. The minimum Gasteiger partial charge on any atom is -0.365 e. The average molecular weight is 275 g/mol. The molecule has 6 heteroatoms. The van der Waals surface area contributed by atoms with E-state index in [-0.39, 0.29) is 5.95 Å². The molecule has 4 nitrogen and oxygen atoms in total. The van der Waals surface area contributed by atoms with E-state index in [4.69, 9.17) is 21.9 Å². The second-order valence-electron chi connectivity index (χ2n) is 2.58. The van der Waals surface area contributed by atoms with Crippen LogP contribution in [-0.4, -0.2) is 10.1 Å². The molecule has 0 unspecified atom stereocenters. The van der Waals surface area contributed by atoms with Crippen molar-refractivity contribution in [3.63, 3.8) is 0 Å². The molecule has 2 rings (SSSR count). The van der Waals surface area contributed by atoms with Gasteiger partial charge in [0.15, 0.2) is 0 Å². The van der Waals surface area contributed by atoms with Crippen molar-refractivity contribution in [3.05, 3.63) is 27.7 Å². The second kappa shape index (κ2) is 3.59. The molecule has 14 heavy (non-hydrogen) atoms. The molecule has 0 aliphatic heterocycles. The first-order valence-corrected chi connectivity index (χ1v) is 4.88. The largest absolute Gasteiger partial charge is 0.365 e. The minimum atomic E-state index is 0.104. The highest BCUT2D eigenvalue weighted by Gasteiger charge is 2.10. The van der Waals surface area contributed by atoms with E-state index in [0.717, 1.165) is 10.0 Å². The van der Waals surface area contributed by atoms with Gasteiger partial charge in [0.25, 0.3) is 11.8 Å². The van der Waals surface area contributed by atoms with Gasteiger partial charge in [-0.25, -0.2) is 0 Å². The van der Waals surface area contributed by atoms with Crippen molar-refractivity contribution in [2.45, 2.75) is 0 Å². The van der Waals surface area contributed by atoms with E-state index >= 15 is 0 Å². The van der Waals surface area contributed by atoms with Crippen LogP contribution in [0.4, 0.5) is 5.95 Å². The zero-order valence-electron chi connectivity index (χ0n) is 6.87. The summed E-state index contributed by atoms with van der Waals surface area (Å²) in [6, 6.07) is 5.28. The van der Waals surface area contributed by atoms with Crippen LogP contribution < -0.4 is 5.73 Å². The first-order chi connectivity index (χ1) is 6.66. The van der Waals surface area contributed by atoms with Crippen LogP contribution in [0, 0.1) is 0 Å². The maximum absolute atomic E-state index is 5.83. The Morgan fingerprint density at radius 1 is 1.43 bits per heavy atom. The number of halogens is 2. The first kappa shape index (κ1) is 9.48. The van der Waals surface area contributed by atoms with Gasteiger partial charge >= 0.3 is 0 Å². The summed E-state index contributed by atoms with van der Waals surface area (Å²) in [4.78, 5) is 3.89. The minimum absolute atomic E-state index is 0.104. The van der Waals surface area contributed by atoms with Gasteiger partial charge in [-0.15, -0.1) is 0 Å². The zero-order valence-corrected chi connectivity index (χ0v) is 9.21. The molecule has 72 valence electrons. The number of rotatable bonds is 1. The first-order valence-electron chi connectivity index (χ1n) is 3.71. The Morgan fingerprint density at radius 3 is 2.86 bits per heavy atom. The lowest BCUT2D eigenvalue weighted by atomic mass is 10.2. The highest BCUT2D eigenvalue weighted by atomic mass is 79.9. The maximum atomic E-state index is 5.83. The standard InChI is InChI=1S/C8H5BrClN3O/c9-6-2-1-4(10)3-5(6)7-12-8(11)13-14-7/h1-3H,(H2,11,13). The van der Waals surface area contributed by atoms with Crippen molar-refractivity contribution in [1.82, 2.24) is 10.1 Å². The van der Waals surface area contributed by atoms with Crippen molar-refractivity contribution in [3.8, 4) is 11.5 Å². The van der Waals surface area contributed by atoms with Crippen LogP contribution >= 0.6 is 27.5 Å². The molecule has 0 saturated carbocycles. The molecule has 2 aromatic rings.